The van der Waals surface area contributed by atoms with Crippen LogP contribution in [0.4, 0.5) is 0 Å². The highest BCUT2D eigenvalue weighted by molar-refractivity contribution is 9.10. The van der Waals surface area contributed by atoms with E-state index in [9.17, 15) is 0 Å². The van der Waals surface area contributed by atoms with Gasteiger partial charge in [0.25, 0.3) is 0 Å². The van der Waals surface area contributed by atoms with Crippen molar-refractivity contribution in [3.8, 4) is 11.5 Å². The zero-order valence-electron chi connectivity index (χ0n) is 10.5. The first-order valence-corrected chi connectivity index (χ1v) is 8.12. The number of thioether (sulfide) groups is 1. The number of rotatable bonds is 7. The monoisotopic (exact) mass is 331 g/mol. The second-order valence-electron chi connectivity index (χ2n) is 4.04. The van der Waals surface area contributed by atoms with Crippen LogP contribution in [0, 0.1) is 0 Å². The van der Waals surface area contributed by atoms with E-state index in [1.54, 1.807) is 0 Å². The van der Waals surface area contributed by atoms with Gasteiger partial charge in [0.15, 0.2) is 11.5 Å². The van der Waals surface area contributed by atoms with Crippen LogP contribution in [0.3, 0.4) is 0 Å². The molecule has 0 bridgehead atoms. The first-order chi connectivity index (χ1) is 8.81. The lowest BCUT2D eigenvalue weighted by atomic mass is 10.2. The minimum Gasteiger partial charge on any atom is -0.454 e. The summed E-state index contributed by atoms with van der Waals surface area (Å²) in [5.41, 5.74) is 1.22. The van der Waals surface area contributed by atoms with Gasteiger partial charge in [-0.2, -0.15) is 11.8 Å². The Hall–Kier alpha value is -0.390. The lowest BCUT2D eigenvalue weighted by Crippen LogP contribution is -2.15. The second-order valence-corrected chi connectivity index (χ2v) is 6.29. The second kappa shape index (κ2) is 7.26. The Kier molecular flexibility index (Phi) is 5.66. The summed E-state index contributed by atoms with van der Waals surface area (Å²) >= 11 is 5.49. The fourth-order valence-electron chi connectivity index (χ4n) is 1.80. The summed E-state index contributed by atoms with van der Waals surface area (Å²) in [6.45, 7) is 4.44. The fraction of sp³-hybridized carbons (Fsp3) is 0.538. The summed E-state index contributed by atoms with van der Waals surface area (Å²) in [4.78, 5) is 0. The van der Waals surface area contributed by atoms with Crippen LogP contribution in [-0.4, -0.2) is 24.8 Å². The Morgan fingerprint density at radius 1 is 1.39 bits per heavy atom. The SMILES string of the molecule is CCSCCCNCc1cc(Br)c2c(c1)OCO2. The van der Waals surface area contributed by atoms with E-state index in [0.29, 0.717) is 6.79 Å². The van der Waals surface area contributed by atoms with E-state index in [4.69, 9.17) is 9.47 Å². The summed E-state index contributed by atoms with van der Waals surface area (Å²) in [5, 5.41) is 3.45. The van der Waals surface area contributed by atoms with E-state index in [2.05, 4.69) is 34.2 Å². The number of nitrogens with one attached hydrogen (secondary N) is 1. The van der Waals surface area contributed by atoms with Crippen molar-refractivity contribution in [2.24, 2.45) is 0 Å². The van der Waals surface area contributed by atoms with Crippen LogP contribution >= 0.6 is 27.7 Å². The van der Waals surface area contributed by atoms with Gasteiger partial charge in [-0.1, -0.05) is 6.92 Å². The maximum Gasteiger partial charge on any atom is 0.231 e. The molecule has 0 aromatic heterocycles. The standard InChI is InChI=1S/C13H18BrNO2S/c1-2-18-5-3-4-15-8-10-6-11(14)13-12(7-10)16-9-17-13/h6-7,15H,2-5,8-9H2,1H3. The normalized spacial score (nSPS) is 13.0. The fourth-order valence-corrected chi connectivity index (χ4v) is 3.04. The van der Waals surface area contributed by atoms with Crippen molar-refractivity contribution in [1.29, 1.82) is 0 Å². The van der Waals surface area contributed by atoms with Gasteiger partial charge in [-0.3, -0.25) is 0 Å². The summed E-state index contributed by atoms with van der Waals surface area (Å²) in [6.07, 6.45) is 1.21. The molecule has 1 aromatic carbocycles. The molecule has 1 aromatic rings. The van der Waals surface area contributed by atoms with E-state index >= 15 is 0 Å². The third kappa shape index (κ3) is 3.80. The van der Waals surface area contributed by atoms with Crippen LogP contribution < -0.4 is 14.8 Å². The van der Waals surface area contributed by atoms with Gasteiger partial charge in [0.2, 0.25) is 6.79 Å². The third-order valence-corrected chi connectivity index (χ3v) is 4.24. The number of fused-ring (bicyclic) bond motifs is 1. The van der Waals surface area contributed by atoms with Crippen molar-refractivity contribution in [3.05, 3.63) is 22.2 Å². The van der Waals surface area contributed by atoms with E-state index in [1.165, 1.54) is 23.5 Å². The number of ether oxygens (including phenoxy) is 2. The van der Waals surface area contributed by atoms with E-state index < -0.39 is 0 Å². The van der Waals surface area contributed by atoms with Crippen molar-refractivity contribution in [3.63, 3.8) is 0 Å². The Bertz CT molecular complexity index is 401. The number of hydrogen-bond acceptors (Lipinski definition) is 4. The lowest BCUT2D eigenvalue weighted by Gasteiger charge is -2.07. The predicted molar refractivity (Wildman–Crippen MR) is 79.6 cm³/mol. The molecule has 18 heavy (non-hydrogen) atoms. The largest absolute Gasteiger partial charge is 0.454 e. The molecule has 0 radical (unpaired) electrons. The molecule has 1 aliphatic rings. The average molecular weight is 332 g/mol. The predicted octanol–water partition coefficient (Wildman–Crippen LogP) is 3.41. The van der Waals surface area contributed by atoms with Crippen molar-refractivity contribution in [2.45, 2.75) is 19.9 Å². The lowest BCUT2D eigenvalue weighted by molar-refractivity contribution is 0.173. The van der Waals surface area contributed by atoms with Crippen molar-refractivity contribution in [2.75, 3.05) is 24.8 Å². The van der Waals surface area contributed by atoms with E-state index in [0.717, 1.165) is 29.1 Å². The molecular formula is C13H18BrNO2S. The molecule has 0 fully saturated rings. The molecule has 5 heteroatoms. The number of halogens is 1. The molecule has 100 valence electrons. The smallest absolute Gasteiger partial charge is 0.231 e. The molecule has 0 saturated heterocycles. The molecule has 1 N–H and O–H groups in total. The summed E-state index contributed by atoms with van der Waals surface area (Å²) in [6, 6.07) is 4.13. The van der Waals surface area contributed by atoms with Crippen LogP contribution in [0.1, 0.15) is 18.9 Å². The maximum absolute atomic E-state index is 5.40. The molecule has 0 spiro atoms. The Morgan fingerprint density at radius 3 is 3.11 bits per heavy atom. The van der Waals surface area contributed by atoms with Gasteiger partial charge in [-0.05, 0) is 58.1 Å². The van der Waals surface area contributed by atoms with Gasteiger partial charge >= 0.3 is 0 Å². The first-order valence-electron chi connectivity index (χ1n) is 6.17. The molecule has 1 heterocycles. The Balaban J connectivity index is 1.78. The molecule has 0 aliphatic carbocycles. The van der Waals surface area contributed by atoms with Crippen LogP contribution in [0.15, 0.2) is 16.6 Å². The van der Waals surface area contributed by atoms with Gasteiger partial charge in [-0.25, -0.2) is 0 Å². The number of hydrogen-bond donors (Lipinski definition) is 1. The third-order valence-electron chi connectivity index (χ3n) is 2.66. The maximum atomic E-state index is 5.40. The molecule has 0 atom stereocenters. The van der Waals surface area contributed by atoms with Gasteiger partial charge < -0.3 is 14.8 Å². The molecule has 0 unspecified atom stereocenters. The van der Waals surface area contributed by atoms with Gasteiger partial charge in [0.1, 0.15) is 0 Å². The molecule has 3 nitrogen and oxygen atoms in total. The minimum absolute atomic E-state index is 0.319. The minimum atomic E-state index is 0.319. The van der Waals surface area contributed by atoms with Crippen LogP contribution in [0.25, 0.3) is 0 Å². The van der Waals surface area contributed by atoms with E-state index in [-0.39, 0.29) is 0 Å². The van der Waals surface area contributed by atoms with Crippen molar-refractivity contribution >= 4 is 27.7 Å². The van der Waals surface area contributed by atoms with Crippen LogP contribution in [-0.2, 0) is 6.54 Å². The molecular weight excluding hydrogens is 314 g/mol. The molecule has 0 saturated carbocycles. The zero-order valence-corrected chi connectivity index (χ0v) is 12.9. The summed E-state index contributed by atoms with van der Waals surface area (Å²) in [7, 11) is 0. The molecule has 2 rings (SSSR count). The van der Waals surface area contributed by atoms with E-state index in [1.807, 2.05) is 17.8 Å². The highest BCUT2D eigenvalue weighted by Gasteiger charge is 2.17. The summed E-state index contributed by atoms with van der Waals surface area (Å²) in [5.74, 6) is 4.09. The zero-order chi connectivity index (χ0) is 12.8. The van der Waals surface area contributed by atoms with Gasteiger partial charge in [0, 0.05) is 6.54 Å². The summed E-state index contributed by atoms with van der Waals surface area (Å²) < 4.78 is 11.7. The highest BCUT2D eigenvalue weighted by Crippen LogP contribution is 2.39. The van der Waals surface area contributed by atoms with Crippen LogP contribution in [0.5, 0.6) is 11.5 Å². The van der Waals surface area contributed by atoms with Gasteiger partial charge in [-0.15, -0.1) is 0 Å². The van der Waals surface area contributed by atoms with Gasteiger partial charge in [0.05, 0.1) is 4.47 Å². The topological polar surface area (TPSA) is 30.5 Å². The number of benzene rings is 1. The Labute approximate surface area is 121 Å². The molecule has 0 amide bonds. The van der Waals surface area contributed by atoms with Crippen LogP contribution in [0.2, 0.25) is 0 Å². The first kappa shape index (κ1) is 14.0. The van der Waals surface area contributed by atoms with Crippen molar-refractivity contribution < 1.29 is 9.47 Å². The quantitative estimate of drug-likeness (QED) is 0.775. The Morgan fingerprint density at radius 2 is 2.28 bits per heavy atom. The van der Waals surface area contributed by atoms with Crippen molar-refractivity contribution in [1.82, 2.24) is 5.32 Å². The molecule has 1 aliphatic heterocycles. The average Bonchev–Trinajstić information content (AvgIpc) is 2.82. The highest BCUT2D eigenvalue weighted by atomic mass is 79.9.